The first-order chi connectivity index (χ1) is 27.5. The van der Waals surface area contributed by atoms with Gasteiger partial charge in [0.25, 0.3) is 0 Å². The van der Waals surface area contributed by atoms with E-state index in [1.54, 1.807) is 0 Å². The van der Waals surface area contributed by atoms with Gasteiger partial charge in [-0.3, -0.25) is 0 Å². The molecule has 0 fully saturated rings. The second-order valence-corrected chi connectivity index (χ2v) is 16.9. The molecule has 0 heterocycles. The molecule has 0 unspecified atom stereocenters. The number of hydrogen-bond donors (Lipinski definition) is 0. The van der Waals surface area contributed by atoms with Crippen LogP contribution in [0.5, 0.6) is 0 Å². The van der Waals surface area contributed by atoms with Crippen molar-refractivity contribution in [2.75, 3.05) is 0 Å². The van der Waals surface area contributed by atoms with Crippen LogP contribution in [0.1, 0.15) is 47.2 Å². The predicted octanol–water partition coefficient (Wildman–Crippen LogP) is 14.4. The van der Waals surface area contributed by atoms with Crippen LogP contribution >= 0.6 is 0 Å². The van der Waals surface area contributed by atoms with Crippen LogP contribution in [0.4, 0.5) is 0 Å². The molecular weight excluding hydrogens is 673 g/mol. The first-order valence-electron chi connectivity index (χ1n) is 20.1. The van der Waals surface area contributed by atoms with Gasteiger partial charge < -0.3 is 0 Å². The Balaban J connectivity index is 1.14. The molecule has 0 N–H and O–H groups in total. The fourth-order valence-electron chi connectivity index (χ4n) is 11.1. The zero-order valence-corrected chi connectivity index (χ0v) is 31.7. The Morgan fingerprint density at radius 3 is 1.59 bits per heavy atom. The third kappa shape index (κ3) is 4.30. The topological polar surface area (TPSA) is 0 Å². The van der Waals surface area contributed by atoms with Gasteiger partial charge in [-0.2, -0.15) is 0 Å². The van der Waals surface area contributed by atoms with Gasteiger partial charge in [-0.25, -0.2) is 0 Å². The molecule has 56 heavy (non-hydrogen) atoms. The van der Waals surface area contributed by atoms with Crippen molar-refractivity contribution >= 4 is 21.5 Å². The van der Waals surface area contributed by atoms with E-state index in [4.69, 9.17) is 0 Å². The molecule has 0 heteroatoms. The summed E-state index contributed by atoms with van der Waals surface area (Å²) >= 11 is 0. The number of benzene rings is 9. The van der Waals surface area contributed by atoms with Crippen LogP contribution < -0.4 is 0 Å². The van der Waals surface area contributed by atoms with E-state index < -0.39 is 0 Å². The van der Waals surface area contributed by atoms with Crippen LogP contribution in [-0.4, -0.2) is 0 Å². The maximum Gasteiger partial charge on any atom is 0.0296 e. The summed E-state index contributed by atoms with van der Waals surface area (Å²) in [6.07, 6.45) is 2.07. The average Bonchev–Trinajstić information content (AvgIpc) is 3.85. The van der Waals surface area contributed by atoms with Crippen molar-refractivity contribution in [3.05, 3.63) is 215 Å². The largest absolute Gasteiger partial charge is 0.0622 e. The first kappa shape index (κ1) is 31.8. The van der Waals surface area contributed by atoms with Crippen LogP contribution in [0.3, 0.4) is 0 Å². The maximum atomic E-state index is 2.57. The van der Waals surface area contributed by atoms with Gasteiger partial charge in [-0.1, -0.05) is 178 Å². The first-order valence-corrected chi connectivity index (χ1v) is 20.1. The smallest absolute Gasteiger partial charge is 0.0296 e. The lowest BCUT2D eigenvalue weighted by atomic mass is 9.75. The van der Waals surface area contributed by atoms with Crippen LogP contribution in [-0.2, 0) is 23.7 Å². The summed E-state index contributed by atoms with van der Waals surface area (Å²) in [6, 6.07) is 69.1. The van der Waals surface area contributed by atoms with E-state index in [0.29, 0.717) is 0 Å². The molecule has 9 aromatic carbocycles. The van der Waals surface area contributed by atoms with Crippen LogP contribution in [0.25, 0.3) is 77.2 Å². The van der Waals surface area contributed by atoms with Gasteiger partial charge in [-0.15, -0.1) is 0 Å². The highest BCUT2D eigenvalue weighted by molar-refractivity contribution is 6.22. The second kappa shape index (κ2) is 11.5. The summed E-state index contributed by atoms with van der Waals surface area (Å²) < 4.78 is 0. The molecule has 0 saturated heterocycles. The lowest BCUT2D eigenvalue weighted by Gasteiger charge is -2.27. The van der Waals surface area contributed by atoms with Gasteiger partial charge in [0.2, 0.25) is 0 Å². The molecule has 1 spiro atoms. The predicted molar refractivity (Wildman–Crippen MR) is 235 cm³/mol. The number of hydrogen-bond acceptors (Lipinski definition) is 0. The Kier molecular flexibility index (Phi) is 6.54. The highest BCUT2D eigenvalue weighted by atomic mass is 14.5. The van der Waals surface area contributed by atoms with Gasteiger partial charge in [0.1, 0.15) is 0 Å². The third-order valence-corrected chi connectivity index (χ3v) is 13.7. The zero-order chi connectivity index (χ0) is 37.2. The molecule has 0 atom stereocenters. The molecule has 0 amide bonds. The van der Waals surface area contributed by atoms with E-state index >= 15 is 0 Å². The van der Waals surface area contributed by atoms with Crippen molar-refractivity contribution < 1.29 is 0 Å². The minimum absolute atomic E-state index is 0.0375. The van der Waals surface area contributed by atoms with E-state index in [-0.39, 0.29) is 10.8 Å². The monoisotopic (exact) mass is 712 g/mol. The summed E-state index contributed by atoms with van der Waals surface area (Å²) in [6.45, 7) is 4.74. The van der Waals surface area contributed by atoms with E-state index in [2.05, 4.69) is 196 Å². The van der Waals surface area contributed by atoms with E-state index in [9.17, 15) is 0 Å². The normalized spacial score (nSPS) is 15.1. The van der Waals surface area contributed by atoms with Crippen molar-refractivity contribution in [3.63, 3.8) is 0 Å². The lowest BCUT2D eigenvalue weighted by Crippen LogP contribution is -2.25. The Labute approximate surface area is 328 Å². The van der Waals surface area contributed by atoms with Crippen LogP contribution in [0.2, 0.25) is 0 Å². The Bertz CT molecular complexity index is 3080. The summed E-state index contributed by atoms with van der Waals surface area (Å²) in [7, 11) is 0. The van der Waals surface area contributed by atoms with Gasteiger partial charge in [0, 0.05) is 10.8 Å². The van der Waals surface area contributed by atoms with Gasteiger partial charge in [-0.05, 0) is 142 Å². The summed E-state index contributed by atoms with van der Waals surface area (Å²) in [5.41, 5.74) is 21.7. The minimum atomic E-state index is -0.0634. The molecule has 0 aromatic heterocycles. The molecule has 3 aliphatic carbocycles. The molecule has 0 bridgehead atoms. The summed E-state index contributed by atoms with van der Waals surface area (Å²) in [4.78, 5) is 0. The van der Waals surface area contributed by atoms with Crippen molar-refractivity contribution in [1.29, 1.82) is 0 Å². The molecule has 264 valence electrons. The Hall–Kier alpha value is -6.50. The maximum absolute atomic E-state index is 2.57. The van der Waals surface area contributed by atoms with Crippen molar-refractivity contribution in [2.24, 2.45) is 0 Å². The zero-order valence-electron chi connectivity index (χ0n) is 31.7. The second-order valence-electron chi connectivity index (χ2n) is 16.9. The van der Waals surface area contributed by atoms with Crippen LogP contribution in [0, 0.1) is 0 Å². The molecule has 9 aromatic rings. The Morgan fingerprint density at radius 2 is 0.839 bits per heavy atom. The average molecular weight is 713 g/mol. The molecule has 3 aliphatic rings. The summed E-state index contributed by atoms with van der Waals surface area (Å²) in [5.74, 6) is 0. The number of rotatable bonds is 3. The van der Waals surface area contributed by atoms with Crippen molar-refractivity contribution in [3.8, 4) is 55.6 Å². The molecule has 0 aliphatic heterocycles. The van der Waals surface area contributed by atoms with E-state index in [0.717, 1.165) is 12.8 Å². The minimum Gasteiger partial charge on any atom is -0.0622 e. The standard InChI is InChI=1S/C56H40/c1-55(2)49-22-12-10-19-42(49)47-31-37(26-29-50(47)55)54-45-21-9-8-20-44(45)53(46-28-24-36(30-48(46)54)35-14-4-3-5-15-35)38-25-27-43-41-18-11-13-23-51(41)56(52(43)32-38)33-39-16-6-7-17-40(39)34-56/h3-32H,33-34H2,1-2H3. The molecule has 0 saturated carbocycles. The number of fused-ring (bicyclic) bond motifs is 11. The fraction of sp³-hybridized carbons (Fsp3) is 0.107. The van der Waals surface area contributed by atoms with E-state index in [1.165, 1.54) is 111 Å². The van der Waals surface area contributed by atoms with Gasteiger partial charge in [0.05, 0.1) is 0 Å². The van der Waals surface area contributed by atoms with Crippen molar-refractivity contribution in [1.82, 2.24) is 0 Å². The quantitative estimate of drug-likeness (QED) is 0.160. The fourth-order valence-corrected chi connectivity index (χ4v) is 11.1. The van der Waals surface area contributed by atoms with Gasteiger partial charge in [0.15, 0.2) is 0 Å². The van der Waals surface area contributed by atoms with Crippen LogP contribution in [0.15, 0.2) is 182 Å². The lowest BCUT2D eigenvalue weighted by molar-refractivity contribution is 0.564. The third-order valence-electron chi connectivity index (χ3n) is 13.7. The highest BCUT2D eigenvalue weighted by Gasteiger charge is 2.47. The summed E-state index contributed by atoms with van der Waals surface area (Å²) in [5, 5.41) is 5.16. The molecular formula is C56H40. The van der Waals surface area contributed by atoms with Crippen molar-refractivity contribution in [2.45, 2.75) is 37.5 Å². The molecule has 12 rings (SSSR count). The SMILES string of the molecule is CC1(C)c2ccccc2-c2cc(-c3c4ccccc4c(-c4ccc5c(c4)C4(Cc6ccccc6C4)c4ccccc4-5)c4ccc(-c5ccccc5)cc34)ccc21. The Morgan fingerprint density at radius 1 is 0.321 bits per heavy atom. The van der Waals surface area contributed by atoms with Gasteiger partial charge >= 0.3 is 0 Å². The highest BCUT2D eigenvalue weighted by Crippen LogP contribution is 2.57. The van der Waals surface area contributed by atoms with E-state index in [1.807, 2.05) is 0 Å². The molecule has 0 nitrogen and oxygen atoms in total. The molecule has 0 radical (unpaired) electrons.